The molecule has 0 N–H and O–H groups in total. The van der Waals surface area contributed by atoms with Gasteiger partial charge in [0.05, 0.1) is 0 Å². The van der Waals surface area contributed by atoms with Crippen LogP contribution in [0.4, 0.5) is 0 Å². The summed E-state index contributed by atoms with van der Waals surface area (Å²) in [5.41, 5.74) is 1.21. The van der Waals surface area contributed by atoms with Crippen molar-refractivity contribution in [2.45, 2.75) is 19.4 Å². The summed E-state index contributed by atoms with van der Waals surface area (Å²) in [6, 6.07) is 10.4. The Morgan fingerprint density at radius 2 is 2.00 bits per heavy atom. The molecule has 2 nitrogen and oxygen atoms in total. The van der Waals surface area contributed by atoms with Crippen LogP contribution in [0.25, 0.3) is 11.4 Å². The third kappa shape index (κ3) is 2.14. The topological polar surface area (TPSA) is 17.8 Å². The van der Waals surface area contributed by atoms with Gasteiger partial charge in [0, 0.05) is 18.3 Å². The van der Waals surface area contributed by atoms with E-state index in [0.717, 1.165) is 22.0 Å². The van der Waals surface area contributed by atoms with Crippen LogP contribution in [0.3, 0.4) is 0 Å². The number of nitrogens with zero attached hydrogens (tertiary/aromatic N) is 2. The van der Waals surface area contributed by atoms with Crippen LogP contribution in [0.1, 0.15) is 12.8 Å². The van der Waals surface area contributed by atoms with Gasteiger partial charge in [-0.05, 0) is 41.4 Å². The highest BCUT2D eigenvalue weighted by Gasteiger charge is 2.23. The van der Waals surface area contributed by atoms with Crippen molar-refractivity contribution >= 4 is 22.6 Å². The van der Waals surface area contributed by atoms with Gasteiger partial charge in [-0.3, -0.25) is 0 Å². The molecule has 1 fully saturated rings. The van der Waals surface area contributed by atoms with E-state index in [2.05, 4.69) is 62.6 Å². The maximum absolute atomic E-state index is 4.61. The Bertz CT molecular complexity index is 486. The molecule has 0 bridgehead atoms. The predicted octanol–water partition coefficient (Wildman–Crippen LogP) is 3.56. The monoisotopic (exact) mass is 324 g/mol. The van der Waals surface area contributed by atoms with Gasteiger partial charge in [0.1, 0.15) is 9.53 Å². The maximum Gasteiger partial charge on any atom is 0.141 e. The van der Waals surface area contributed by atoms with Gasteiger partial charge in [-0.25, -0.2) is 4.98 Å². The number of hydrogen-bond acceptors (Lipinski definition) is 1. The van der Waals surface area contributed by atoms with Gasteiger partial charge >= 0.3 is 0 Å². The average molecular weight is 324 g/mol. The Morgan fingerprint density at radius 3 is 2.69 bits per heavy atom. The summed E-state index contributed by atoms with van der Waals surface area (Å²) in [6.45, 7) is 1.13. The summed E-state index contributed by atoms with van der Waals surface area (Å²) in [7, 11) is 0. The van der Waals surface area contributed by atoms with Crippen molar-refractivity contribution in [3.8, 4) is 11.4 Å². The number of hydrogen-bond donors (Lipinski definition) is 0. The van der Waals surface area contributed by atoms with E-state index in [9.17, 15) is 0 Å². The van der Waals surface area contributed by atoms with Gasteiger partial charge in [-0.2, -0.15) is 0 Å². The summed E-state index contributed by atoms with van der Waals surface area (Å²) in [6.07, 6.45) is 4.91. The molecule has 82 valence electrons. The summed E-state index contributed by atoms with van der Waals surface area (Å²) >= 11 is 2.29. The van der Waals surface area contributed by atoms with Gasteiger partial charge in [0.2, 0.25) is 0 Å². The number of aromatic nitrogens is 2. The molecular formula is C13H13IN2. The Hall–Kier alpha value is -0.840. The second-order valence-corrected chi connectivity index (χ2v) is 5.45. The molecule has 3 rings (SSSR count). The number of halogens is 1. The van der Waals surface area contributed by atoms with Crippen molar-refractivity contribution in [3.63, 3.8) is 0 Å². The first-order chi connectivity index (χ1) is 7.83. The number of imidazole rings is 1. The van der Waals surface area contributed by atoms with Crippen LogP contribution < -0.4 is 0 Å². The molecule has 0 amide bonds. The second kappa shape index (κ2) is 4.20. The first-order valence-corrected chi connectivity index (χ1v) is 6.69. The van der Waals surface area contributed by atoms with Crippen molar-refractivity contribution in [1.82, 2.24) is 9.55 Å². The molecule has 1 aliphatic carbocycles. The molecule has 1 heterocycles. The first kappa shape index (κ1) is 10.3. The Balaban J connectivity index is 1.98. The van der Waals surface area contributed by atoms with Gasteiger partial charge in [-0.1, -0.05) is 30.3 Å². The van der Waals surface area contributed by atoms with Crippen LogP contribution in [0, 0.1) is 9.62 Å². The third-order valence-corrected chi connectivity index (χ3v) is 3.45. The standard InChI is InChI=1S/C13H13IN2/c14-12-9-16(8-10-6-7-10)13(15-12)11-4-2-1-3-5-11/h1-5,9-10H,6-8H2. The Morgan fingerprint density at radius 1 is 1.25 bits per heavy atom. The average Bonchev–Trinajstić information content (AvgIpc) is 3.03. The molecule has 3 heteroatoms. The van der Waals surface area contributed by atoms with Crippen molar-refractivity contribution in [3.05, 3.63) is 40.2 Å². The lowest BCUT2D eigenvalue weighted by molar-refractivity contribution is 0.632. The van der Waals surface area contributed by atoms with E-state index in [1.807, 2.05) is 6.07 Å². The van der Waals surface area contributed by atoms with Crippen LogP contribution in [0.15, 0.2) is 36.5 Å². The molecule has 1 aromatic heterocycles. The molecule has 0 spiro atoms. The van der Waals surface area contributed by atoms with Gasteiger partial charge in [0.25, 0.3) is 0 Å². The normalized spacial score (nSPS) is 15.3. The van der Waals surface area contributed by atoms with Crippen molar-refractivity contribution in [2.75, 3.05) is 0 Å². The smallest absolute Gasteiger partial charge is 0.141 e. The van der Waals surface area contributed by atoms with Crippen LogP contribution in [-0.2, 0) is 6.54 Å². The lowest BCUT2D eigenvalue weighted by Crippen LogP contribution is -2.00. The molecule has 0 aliphatic heterocycles. The van der Waals surface area contributed by atoms with Crippen LogP contribution >= 0.6 is 22.6 Å². The van der Waals surface area contributed by atoms with E-state index < -0.39 is 0 Å². The Kier molecular flexibility index (Phi) is 2.71. The molecule has 0 unspecified atom stereocenters. The summed E-state index contributed by atoms with van der Waals surface area (Å²) in [5.74, 6) is 1.99. The molecule has 0 saturated heterocycles. The SMILES string of the molecule is Ic1cn(CC2CC2)c(-c2ccccc2)n1. The molecule has 1 aliphatic rings. The number of benzene rings is 1. The zero-order chi connectivity index (χ0) is 11.0. The second-order valence-electron chi connectivity index (χ2n) is 4.35. The largest absolute Gasteiger partial charge is 0.330 e. The van der Waals surface area contributed by atoms with E-state index in [1.54, 1.807) is 0 Å². The van der Waals surface area contributed by atoms with E-state index in [0.29, 0.717) is 0 Å². The van der Waals surface area contributed by atoms with E-state index in [1.165, 1.54) is 18.4 Å². The van der Waals surface area contributed by atoms with Crippen LogP contribution in [0.5, 0.6) is 0 Å². The highest BCUT2D eigenvalue weighted by atomic mass is 127. The fraction of sp³-hybridized carbons (Fsp3) is 0.308. The number of rotatable bonds is 3. The minimum absolute atomic E-state index is 0.882. The minimum atomic E-state index is 0.882. The van der Waals surface area contributed by atoms with Crippen LogP contribution in [0.2, 0.25) is 0 Å². The molecule has 1 saturated carbocycles. The molecule has 2 aromatic rings. The zero-order valence-electron chi connectivity index (χ0n) is 8.94. The zero-order valence-corrected chi connectivity index (χ0v) is 11.1. The van der Waals surface area contributed by atoms with Gasteiger partial charge in [-0.15, -0.1) is 0 Å². The highest BCUT2D eigenvalue weighted by molar-refractivity contribution is 14.1. The molecule has 16 heavy (non-hydrogen) atoms. The van der Waals surface area contributed by atoms with Gasteiger partial charge in [0.15, 0.2) is 0 Å². The molecule has 0 radical (unpaired) electrons. The van der Waals surface area contributed by atoms with E-state index in [4.69, 9.17) is 0 Å². The van der Waals surface area contributed by atoms with Crippen molar-refractivity contribution < 1.29 is 0 Å². The lowest BCUT2D eigenvalue weighted by Gasteiger charge is -2.06. The van der Waals surface area contributed by atoms with Crippen molar-refractivity contribution in [2.24, 2.45) is 5.92 Å². The summed E-state index contributed by atoms with van der Waals surface area (Å²) in [4.78, 5) is 4.61. The molecule has 0 atom stereocenters. The van der Waals surface area contributed by atoms with Crippen molar-refractivity contribution in [1.29, 1.82) is 0 Å². The maximum atomic E-state index is 4.61. The van der Waals surface area contributed by atoms with E-state index >= 15 is 0 Å². The quantitative estimate of drug-likeness (QED) is 0.790. The lowest BCUT2D eigenvalue weighted by atomic mass is 10.2. The molecular weight excluding hydrogens is 311 g/mol. The minimum Gasteiger partial charge on any atom is -0.330 e. The summed E-state index contributed by atoms with van der Waals surface area (Å²) in [5, 5.41) is 0. The molecule has 1 aromatic carbocycles. The highest BCUT2D eigenvalue weighted by Crippen LogP contribution is 2.32. The Labute approximate surface area is 109 Å². The van der Waals surface area contributed by atoms with E-state index in [-0.39, 0.29) is 0 Å². The van der Waals surface area contributed by atoms with Crippen LogP contribution in [-0.4, -0.2) is 9.55 Å². The third-order valence-electron chi connectivity index (χ3n) is 2.93. The fourth-order valence-corrected chi connectivity index (χ4v) is 2.48. The predicted molar refractivity (Wildman–Crippen MR) is 73.1 cm³/mol. The fourth-order valence-electron chi connectivity index (χ4n) is 1.92. The van der Waals surface area contributed by atoms with Gasteiger partial charge < -0.3 is 4.57 Å². The summed E-state index contributed by atoms with van der Waals surface area (Å²) < 4.78 is 3.38. The first-order valence-electron chi connectivity index (χ1n) is 5.61.